The fraction of sp³-hybridized carbons (Fsp3) is 0.188. The average Bonchev–Trinajstić information content (AvgIpc) is 2.50. The molecule has 0 saturated carbocycles. The van der Waals surface area contributed by atoms with E-state index >= 15 is 0 Å². The van der Waals surface area contributed by atoms with Gasteiger partial charge in [0.2, 0.25) is 15.9 Å². The molecule has 0 aromatic heterocycles. The van der Waals surface area contributed by atoms with E-state index in [4.69, 9.17) is 0 Å². The Morgan fingerprint density at radius 1 is 1.12 bits per heavy atom. The number of thioether (sulfide) groups is 1. The summed E-state index contributed by atoms with van der Waals surface area (Å²) in [4.78, 5) is 12.4. The van der Waals surface area contributed by atoms with Crippen LogP contribution in [0.2, 0.25) is 0 Å². The van der Waals surface area contributed by atoms with E-state index in [0.29, 0.717) is 21.8 Å². The van der Waals surface area contributed by atoms with Crippen molar-refractivity contribution < 1.29 is 22.0 Å². The molecule has 0 fully saturated rings. The number of amides is 1. The maximum absolute atomic E-state index is 13.1. The van der Waals surface area contributed by atoms with Gasteiger partial charge in [-0.1, -0.05) is 6.07 Å². The van der Waals surface area contributed by atoms with Gasteiger partial charge >= 0.3 is 0 Å². The van der Waals surface area contributed by atoms with Crippen molar-refractivity contribution in [3.8, 4) is 0 Å². The molecule has 2 aromatic carbocycles. The minimum Gasteiger partial charge on any atom is -0.325 e. The third-order valence-electron chi connectivity index (χ3n) is 3.08. The third kappa shape index (κ3) is 6.02. The van der Waals surface area contributed by atoms with E-state index in [-0.39, 0.29) is 11.7 Å². The molecule has 0 aliphatic carbocycles. The standard InChI is InChI=1S/C16H16F2N2O3S2/c1-10-3-4-11(7-15(10)20-25(2,22)23)19-16(21)9-24-12-5-6-13(17)14(18)8-12/h3-8,20H,9H2,1-2H3,(H,19,21). The summed E-state index contributed by atoms with van der Waals surface area (Å²) in [6.07, 6.45) is 1.04. The maximum atomic E-state index is 13.1. The van der Waals surface area contributed by atoms with Crippen molar-refractivity contribution in [2.75, 3.05) is 22.0 Å². The largest absolute Gasteiger partial charge is 0.325 e. The summed E-state index contributed by atoms with van der Waals surface area (Å²) in [5, 5.41) is 2.63. The molecule has 0 unspecified atom stereocenters. The lowest BCUT2D eigenvalue weighted by Crippen LogP contribution is -2.15. The Bertz CT molecular complexity index is 902. The molecule has 134 valence electrons. The molecule has 0 saturated heterocycles. The van der Waals surface area contributed by atoms with Gasteiger partial charge in [0.15, 0.2) is 11.6 Å². The number of halogens is 2. The van der Waals surface area contributed by atoms with E-state index in [9.17, 15) is 22.0 Å². The second-order valence-electron chi connectivity index (χ2n) is 5.32. The van der Waals surface area contributed by atoms with Crippen LogP contribution in [0.1, 0.15) is 5.56 Å². The van der Waals surface area contributed by atoms with Crippen LogP contribution < -0.4 is 10.0 Å². The van der Waals surface area contributed by atoms with Crippen molar-refractivity contribution in [3.63, 3.8) is 0 Å². The summed E-state index contributed by atoms with van der Waals surface area (Å²) in [6.45, 7) is 1.73. The molecule has 2 N–H and O–H groups in total. The molecule has 0 heterocycles. The number of hydrogen-bond donors (Lipinski definition) is 2. The van der Waals surface area contributed by atoms with E-state index in [2.05, 4.69) is 10.0 Å². The van der Waals surface area contributed by atoms with Crippen LogP contribution in [0.4, 0.5) is 20.2 Å². The number of anilines is 2. The summed E-state index contributed by atoms with van der Waals surface area (Å²) in [6, 6.07) is 8.23. The highest BCUT2D eigenvalue weighted by molar-refractivity contribution is 8.00. The van der Waals surface area contributed by atoms with Crippen LogP contribution in [0.3, 0.4) is 0 Å². The van der Waals surface area contributed by atoms with Gasteiger partial charge in [-0.25, -0.2) is 17.2 Å². The van der Waals surface area contributed by atoms with Gasteiger partial charge in [0, 0.05) is 10.6 Å². The summed E-state index contributed by atoms with van der Waals surface area (Å²) >= 11 is 1.06. The zero-order chi connectivity index (χ0) is 18.6. The summed E-state index contributed by atoms with van der Waals surface area (Å²) in [5.74, 6) is -2.28. The highest BCUT2D eigenvalue weighted by Gasteiger charge is 2.09. The lowest BCUT2D eigenvalue weighted by atomic mass is 10.2. The Labute approximate surface area is 148 Å². The van der Waals surface area contributed by atoms with Gasteiger partial charge < -0.3 is 5.32 Å². The maximum Gasteiger partial charge on any atom is 0.234 e. The van der Waals surface area contributed by atoms with Crippen molar-refractivity contribution in [2.24, 2.45) is 0 Å². The molecule has 5 nitrogen and oxygen atoms in total. The zero-order valence-electron chi connectivity index (χ0n) is 13.5. The van der Waals surface area contributed by atoms with Gasteiger partial charge in [-0.15, -0.1) is 11.8 Å². The Morgan fingerprint density at radius 3 is 2.48 bits per heavy atom. The molecule has 1 amide bonds. The van der Waals surface area contributed by atoms with Crippen molar-refractivity contribution in [1.82, 2.24) is 0 Å². The number of rotatable bonds is 6. The molecule has 0 spiro atoms. The average molecular weight is 386 g/mol. The SMILES string of the molecule is Cc1ccc(NC(=O)CSc2ccc(F)c(F)c2)cc1NS(C)(=O)=O. The summed E-state index contributed by atoms with van der Waals surface area (Å²) in [7, 11) is -3.43. The van der Waals surface area contributed by atoms with Gasteiger partial charge in [0.1, 0.15) is 0 Å². The van der Waals surface area contributed by atoms with Crippen LogP contribution in [0.15, 0.2) is 41.3 Å². The van der Waals surface area contributed by atoms with Gasteiger partial charge in [-0.05, 0) is 42.8 Å². The molecule has 0 radical (unpaired) electrons. The fourth-order valence-electron chi connectivity index (χ4n) is 1.92. The fourth-order valence-corrected chi connectivity index (χ4v) is 3.26. The van der Waals surface area contributed by atoms with Crippen molar-refractivity contribution in [1.29, 1.82) is 0 Å². The predicted octanol–water partition coefficient (Wildman–Crippen LogP) is 3.38. The highest BCUT2D eigenvalue weighted by Crippen LogP contribution is 2.23. The second kappa shape index (κ2) is 7.83. The first-order chi connectivity index (χ1) is 11.6. The van der Waals surface area contributed by atoms with Crippen LogP contribution in [0, 0.1) is 18.6 Å². The molecule has 2 rings (SSSR count). The van der Waals surface area contributed by atoms with Crippen LogP contribution in [-0.4, -0.2) is 26.3 Å². The minimum atomic E-state index is -3.43. The zero-order valence-corrected chi connectivity index (χ0v) is 15.1. The van der Waals surface area contributed by atoms with Crippen molar-refractivity contribution in [2.45, 2.75) is 11.8 Å². The Kier molecular flexibility index (Phi) is 6.02. The predicted molar refractivity (Wildman–Crippen MR) is 95.4 cm³/mol. The van der Waals surface area contributed by atoms with E-state index in [1.807, 2.05) is 0 Å². The van der Waals surface area contributed by atoms with Gasteiger partial charge in [0.25, 0.3) is 0 Å². The van der Waals surface area contributed by atoms with Crippen LogP contribution in [0.25, 0.3) is 0 Å². The molecule has 0 atom stereocenters. The van der Waals surface area contributed by atoms with Gasteiger partial charge in [0.05, 0.1) is 17.7 Å². The number of sulfonamides is 1. The molecule has 0 bridgehead atoms. The second-order valence-corrected chi connectivity index (χ2v) is 8.11. The van der Waals surface area contributed by atoms with Crippen LogP contribution >= 0.6 is 11.8 Å². The smallest absolute Gasteiger partial charge is 0.234 e. The number of carbonyl (C=O) groups is 1. The molecule has 0 aliphatic heterocycles. The van der Waals surface area contributed by atoms with E-state index < -0.39 is 21.7 Å². The number of carbonyl (C=O) groups excluding carboxylic acids is 1. The number of hydrogen-bond acceptors (Lipinski definition) is 4. The topological polar surface area (TPSA) is 75.3 Å². The lowest BCUT2D eigenvalue weighted by molar-refractivity contribution is -0.113. The molecule has 25 heavy (non-hydrogen) atoms. The third-order valence-corrected chi connectivity index (χ3v) is 4.66. The van der Waals surface area contributed by atoms with Gasteiger partial charge in [-0.2, -0.15) is 0 Å². The normalized spacial score (nSPS) is 11.2. The molecule has 9 heteroatoms. The first kappa shape index (κ1) is 19.2. The highest BCUT2D eigenvalue weighted by atomic mass is 32.2. The molecular weight excluding hydrogens is 370 g/mol. The number of benzene rings is 2. The van der Waals surface area contributed by atoms with E-state index in [1.54, 1.807) is 19.1 Å². The Hall–Kier alpha value is -2.13. The monoisotopic (exact) mass is 386 g/mol. The van der Waals surface area contributed by atoms with E-state index in [0.717, 1.165) is 30.2 Å². The Balaban J connectivity index is 2.00. The minimum absolute atomic E-state index is 0.00616. The first-order valence-corrected chi connectivity index (χ1v) is 9.98. The Morgan fingerprint density at radius 2 is 1.84 bits per heavy atom. The van der Waals surface area contributed by atoms with Gasteiger partial charge in [-0.3, -0.25) is 9.52 Å². The van der Waals surface area contributed by atoms with Crippen molar-refractivity contribution in [3.05, 3.63) is 53.6 Å². The first-order valence-electron chi connectivity index (χ1n) is 7.10. The number of aryl methyl sites for hydroxylation is 1. The lowest BCUT2D eigenvalue weighted by Gasteiger charge is -2.11. The molecule has 0 aliphatic rings. The summed E-state index contributed by atoms with van der Waals surface area (Å²) in [5.41, 5.74) is 1.50. The van der Waals surface area contributed by atoms with Crippen LogP contribution in [0.5, 0.6) is 0 Å². The quantitative estimate of drug-likeness (QED) is 0.747. The molecule has 2 aromatic rings. The van der Waals surface area contributed by atoms with Crippen molar-refractivity contribution >= 4 is 39.1 Å². The van der Waals surface area contributed by atoms with E-state index in [1.165, 1.54) is 12.1 Å². The molecular formula is C16H16F2N2O3S2. The van der Waals surface area contributed by atoms with Crippen LogP contribution in [-0.2, 0) is 14.8 Å². The summed E-state index contributed by atoms with van der Waals surface area (Å²) < 4.78 is 51.0. The number of nitrogens with one attached hydrogen (secondary N) is 2.